The predicted molar refractivity (Wildman–Crippen MR) is 77.9 cm³/mol. The van der Waals surface area contributed by atoms with E-state index < -0.39 is 0 Å². The van der Waals surface area contributed by atoms with Crippen LogP contribution in [0.1, 0.15) is 5.76 Å². The molecule has 7 heteroatoms. The number of aromatic nitrogens is 2. The predicted octanol–water partition coefficient (Wildman–Crippen LogP) is 0.960. The Labute approximate surface area is 122 Å². The fourth-order valence-electron chi connectivity index (χ4n) is 2.25. The molecule has 0 aliphatic carbocycles. The Hall–Kier alpha value is -2.57. The second kappa shape index (κ2) is 6.25. The fraction of sp³-hybridized carbons (Fsp3) is 0.357. The summed E-state index contributed by atoms with van der Waals surface area (Å²) in [5.74, 6) is 2.28. The first kappa shape index (κ1) is 13.4. The summed E-state index contributed by atoms with van der Waals surface area (Å²) >= 11 is 0. The number of nitrogens with zero attached hydrogens (tertiary/aromatic N) is 4. The van der Waals surface area contributed by atoms with Gasteiger partial charge in [0.15, 0.2) is 0 Å². The zero-order chi connectivity index (χ0) is 14.5. The molecule has 1 saturated heterocycles. The number of furan rings is 1. The van der Waals surface area contributed by atoms with Gasteiger partial charge in [-0.3, -0.25) is 4.79 Å². The summed E-state index contributed by atoms with van der Waals surface area (Å²) < 4.78 is 5.26. The van der Waals surface area contributed by atoms with E-state index in [-0.39, 0.29) is 0 Å². The van der Waals surface area contributed by atoms with Gasteiger partial charge in [0.2, 0.25) is 12.4 Å². The lowest BCUT2D eigenvalue weighted by atomic mass is 10.3. The van der Waals surface area contributed by atoms with Crippen LogP contribution in [0.4, 0.5) is 11.8 Å². The topological polar surface area (TPSA) is 74.5 Å². The lowest BCUT2D eigenvalue weighted by molar-refractivity contribution is -0.118. The van der Waals surface area contributed by atoms with E-state index in [1.54, 1.807) is 17.4 Å². The van der Waals surface area contributed by atoms with Crippen molar-refractivity contribution in [1.82, 2.24) is 14.9 Å². The smallest absolute Gasteiger partial charge is 0.224 e. The van der Waals surface area contributed by atoms with Gasteiger partial charge in [-0.2, -0.15) is 4.98 Å². The monoisotopic (exact) mass is 287 g/mol. The van der Waals surface area contributed by atoms with Gasteiger partial charge in [-0.25, -0.2) is 4.98 Å². The van der Waals surface area contributed by atoms with Crippen LogP contribution in [0, 0.1) is 0 Å². The maximum Gasteiger partial charge on any atom is 0.224 e. The molecule has 2 aromatic rings. The minimum atomic E-state index is 0.551. The van der Waals surface area contributed by atoms with Crippen LogP contribution < -0.4 is 10.2 Å². The van der Waals surface area contributed by atoms with E-state index in [0.29, 0.717) is 12.5 Å². The molecule has 1 fully saturated rings. The Morgan fingerprint density at radius 3 is 2.86 bits per heavy atom. The molecule has 1 aliphatic rings. The van der Waals surface area contributed by atoms with Crippen molar-refractivity contribution in [1.29, 1.82) is 0 Å². The van der Waals surface area contributed by atoms with Crippen molar-refractivity contribution in [3.8, 4) is 0 Å². The highest BCUT2D eigenvalue weighted by molar-refractivity contribution is 5.49. The lowest BCUT2D eigenvalue weighted by Crippen LogP contribution is -2.46. The van der Waals surface area contributed by atoms with Crippen LogP contribution in [0.25, 0.3) is 0 Å². The van der Waals surface area contributed by atoms with Crippen molar-refractivity contribution < 1.29 is 9.21 Å². The van der Waals surface area contributed by atoms with E-state index in [4.69, 9.17) is 4.42 Å². The van der Waals surface area contributed by atoms with Crippen molar-refractivity contribution in [3.05, 3.63) is 36.4 Å². The van der Waals surface area contributed by atoms with Crippen LogP contribution in [0.5, 0.6) is 0 Å². The molecule has 2 aromatic heterocycles. The molecule has 0 aromatic carbocycles. The number of amides is 1. The molecule has 21 heavy (non-hydrogen) atoms. The van der Waals surface area contributed by atoms with Crippen LogP contribution in [-0.4, -0.2) is 47.5 Å². The molecule has 7 nitrogen and oxygen atoms in total. The van der Waals surface area contributed by atoms with Crippen molar-refractivity contribution in [2.45, 2.75) is 6.54 Å². The number of piperazine rings is 1. The number of hydrogen-bond donors (Lipinski definition) is 1. The van der Waals surface area contributed by atoms with Gasteiger partial charge >= 0.3 is 0 Å². The van der Waals surface area contributed by atoms with Crippen LogP contribution in [0.3, 0.4) is 0 Å². The zero-order valence-corrected chi connectivity index (χ0v) is 11.6. The van der Waals surface area contributed by atoms with E-state index in [1.165, 1.54) is 0 Å². The average molecular weight is 287 g/mol. The van der Waals surface area contributed by atoms with Gasteiger partial charge in [-0.05, 0) is 18.2 Å². The van der Waals surface area contributed by atoms with Crippen molar-refractivity contribution in [2.75, 3.05) is 36.4 Å². The van der Waals surface area contributed by atoms with Crippen molar-refractivity contribution in [3.63, 3.8) is 0 Å². The largest absolute Gasteiger partial charge is 0.467 e. The Kier molecular flexibility index (Phi) is 3.99. The molecule has 1 aliphatic heterocycles. The molecule has 1 amide bonds. The number of rotatable bonds is 5. The van der Waals surface area contributed by atoms with Gasteiger partial charge in [0, 0.05) is 32.4 Å². The standard InChI is InChI=1S/C14H17N5O2/c20-11-18-5-7-19(8-6-18)13-3-4-15-14(17-13)16-10-12-2-1-9-21-12/h1-4,9,11H,5-8,10H2,(H,15,16,17). The molecule has 0 radical (unpaired) electrons. The minimum absolute atomic E-state index is 0.551. The number of nitrogens with one attached hydrogen (secondary N) is 1. The number of carbonyl (C=O) groups is 1. The van der Waals surface area contributed by atoms with Gasteiger partial charge < -0.3 is 19.5 Å². The molecule has 110 valence electrons. The molecule has 3 heterocycles. The van der Waals surface area contributed by atoms with Gasteiger partial charge in [-0.15, -0.1) is 0 Å². The molecule has 0 unspecified atom stereocenters. The minimum Gasteiger partial charge on any atom is -0.467 e. The molecule has 3 rings (SSSR count). The molecule has 0 bridgehead atoms. The third-order valence-electron chi connectivity index (χ3n) is 3.43. The molecular weight excluding hydrogens is 270 g/mol. The maximum absolute atomic E-state index is 10.7. The molecule has 0 saturated carbocycles. The number of anilines is 2. The SMILES string of the molecule is O=CN1CCN(c2ccnc(NCc3ccco3)n2)CC1. The van der Waals surface area contributed by atoms with Gasteiger partial charge in [0.1, 0.15) is 11.6 Å². The van der Waals surface area contributed by atoms with Gasteiger partial charge in [0.05, 0.1) is 12.8 Å². The fourth-order valence-corrected chi connectivity index (χ4v) is 2.25. The quantitative estimate of drug-likeness (QED) is 0.826. The van der Waals surface area contributed by atoms with E-state index in [2.05, 4.69) is 20.2 Å². The first-order valence-electron chi connectivity index (χ1n) is 6.89. The normalized spacial score (nSPS) is 15.0. The first-order chi connectivity index (χ1) is 10.3. The summed E-state index contributed by atoms with van der Waals surface area (Å²) in [6.07, 6.45) is 4.27. The first-order valence-corrected chi connectivity index (χ1v) is 6.89. The second-order valence-electron chi connectivity index (χ2n) is 4.80. The summed E-state index contributed by atoms with van der Waals surface area (Å²) in [7, 11) is 0. The zero-order valence-electron chi connectivity index (χ0n) is 11.6. The van der Waals surface area contributed by atoms with Crippen molar-refractivity contribution >= 4 is 18.2 Å². The average Bonchev–Trinajstić information content (AvgIpc) is 3.07. The maximum atomic E-state index is 10.7. The number of hydrogen-bond acceptors (Lipinski definition) is 6. The van der Waals surface area contributed by atoms with Crippen LogP contribution in [-0.2, 0) is 11.3 Å². The Bertz CT molecular complexity index is 579. The van der Waals surface area contributed by atoms with Gasteiger partial charge in [0.25, 0.3) is 0 Å². The Morgan fingerprint density at radius 1 is 1.29 bits per heavy atom. The summed E-state index contributed by atoms with van der Waals surface area (Å²) in [5, 5.41) is 3.14. The van der Waals surface area contributed by atoms with Crippen LogP contribution in [0.15, 0.2) is 35.1 Å². The third kappa shape index (κ3) is 3.31. The summed E-state index contributed by atoms with van der Waals surface area (Å²) in [6, 6.07) is 5.63. The highest BCUT2D eigenvalue weighted by atomic mass is 16.3. The molecule has 0 atom stereocenters. The van der Waals surface area contributed by atoms with Gasteiger partial charge in [-0.1, -0.05) is 0 Å². The number of carbonyl (C=O) groups excluding carboxylic acids is 1. The highest BCUT2D eigenvalue weighted by Gasteiger charge is 2.17. The van der Waals surface area contributed by atoms with Crippen LogP contribution >= 0.6 is 0 Å². The van der Waals surface area contributed by atoms with Crippen LogP contribution in [0.2, 0.25) is 0 Å². The molecule has 1 N–H and O–H groups in total. The van der Waals surface area contributed by atoms with E-state index >= 15 is 0 Å². The van der Waals surface area contributed by atoms with E-state index in [9.17, 15) is 4.79 Å². The summed E-state index contributed by atoms with van der Waals surface area (Å²) in [6.45, 7) is 3.57. The summed E-state index contributed by atoms with van der Waals surface area (Å²) in [5.41, 5.74) is 0. The van der Waals surface area contributed by atoms with E-state index in [1.807, 2.05) is 18.2 Å². The Balaban J connectivity index is 1.61. The second-order valence-corrected chi connectivity index (χ2v) is 4.80. The van der Waals surface area contributed by atoms with E-state index in [0.717, 1.165) is 44.2 Å². The highest BCUT2D eigenvalue weighted by Crippen LogP contribution is 2.14. The lowest BCUT2D eigenvalue weighted by Gasteiger charge is -2.33. The summed E-state index contributed by atoms with van der Waals surface area (Å²) in [4.78, 5) is 23.4. The molecule has 0 spiro atoms. The third-order valence-corrected chi connectivity index (χ3v) is 3.43. The Morgan fingerprint density at radius 2 is 2.14 bits per heavy atom. The molecular formula is C14H17N5O2. The van der Waals surface area contributed by atoms with Crippen molar-refractivity contribution in [2.24, 2.45) is 0 Å².